The van der Waals surface area contributed by atoms with Gasteiger partial charge in [0.15, 0.2) is 0 Å². The first-order chi connectivity index (χ1) is 8.31. The smallest absolute Gasteiger partial charge is 0.323 e. The van der Waals surface area contributed by atoms with Crippen LogP contribution in [0.5, 0.6) is 6.01 Å². The van der Waals surface area contributed by atoms with Crippen molar-refractivity contribution in [2.75, 3.05) is 17.3 Å². The van der Waals surface area contributed by atoms with E-state index in [9.17, 15) is 0 Å². The molecule has 4 N–H and O–H groups in total. The van der Waals surface area contributed by atoms with Crippen molar-refractivity contribution in [2.24, 2.45) is 5.84 Å². The Balaban J connectivity index is 2.23. The number of thiophene rings is 1. The van der Waals surface area contributed by atoms with E-state index >= 15 is 0 Å². The molecule has 0 saturated heterocycles. The molecule has 0 unspecified atom stereocenters. The molecule has 8 heteroatoms. The number of ether oxygens (including phenoxy) is 1. The van der Waals surface area contributed by atoms with Gasteiger partial charge in [0.1, 0.15) is 0 Å². The number of rotatable bonds is 5. The number of aromatic nitrogens is 3. The maximum Gasteiger partial charge on any atom is 0.323 e. The first-order valence-corrected chi connectivity index (χ1v) is 5.91. The lowest BCUT2D eigenvalue weighted by Gasteiger charge is -2.07. The van der Waals surface area contributed by atoms with Gasteiger partial charge in [0.25, 0.3) is 0 Å². The van der Waals surface area contributed by atoms with E-state index in [0.29, 0.717) is 12.6 Å². The zero-order chi connectivity index (χ0) is 12.1. The quantitative estimate of drug-likeness (QED) is 0.546. The normalized spacial score (nSPS) is 10.0. The predicted molar refractivity (Wildman–Crippen MR) is 66.4 cm³/mol. The summed E-state index contributed by atoms with van der Waals surface area (Å²) in [5.41, 5.74) is 3.28. The number of hydrazine groups is 1. The minimum Gasteiger partial charge on any atom is -0.464 e. The van der Waals surface area contributed by atoms with Gasteiger partial charge in [-0.3, -0.25) is 5.43 Å². The van der Waals surface area contributed by atoms with Crippen molar-refractivity contribution in [3.05, 3.63) is 16.8 Å². The van der Waals surface area contributed by atoms with Gasteiger partial charge in [0.05, 0.1) is 12.3 Å². The average molecular weight is 252 g/mol. The Morgan fingerprint density at radius 2 is 2.18 bits per heavy atom. The molecule has 0 atom stereocenters. The molecule has 0 spiro atoms. The molecule has 0 saturated carbocycles. The monoisotopic (exact) mass is 252 g/mol. The number of hydrogen-bond acceptors (Lipinski definition) is 8. The second kappa shape index (κ2) is 5.41. The van der Waals surface area contributed by atoms with Gasteiger partial charge < -0.3 is 10.1 Å². The van der Waals surface area contributed by atoms with Crippen molar-refractivity contribution >= 4 is 28.9 Å². The molecule has 2 aromatic heterocycles. The molecule has 17 heavy (non-hydrogen) atoms. The molecule has 0 amide bonds. The van der Waals surface area contributed by atoms with Crippen molar-refractivity contribution in [3.8, 4) is 6.01 Å². The SMILES string of the molecule is CCOc1nc(NN)nc(Nc2ccsc2)n1. The molecule has 0 bridgehead atoms. The van der Waals surface area contributed by atoms with Gasteiger partial charge in [0.2, 0.25) is 11.9 Å². The minimum absolute atomic E-state index is 0.230. The van der Waals surface area contributed by atoms with Crippen molar-refractivity contribution < 1.29 is 4.74 Å². The second-order valence-electron chi connectivity index (χ2n) is 2.98. The summed E-state index contributed by atoms with van der Waals surface area (Å²) < 4.78 is 5.21. The van der Waals surface area contributed by atoms with Crippen molar-refractivity contribution in [1.29, 1.82) is 0 Å². The molecular weight excluding hydrogens is 240 g/mol. The number of nitrogens with zero attached hydrogens (tertiary/aromatic N) is 3. The third-order valence-corrected chi connectivity index (χ3v) is 2.48. The number of nitrogens with one attached hydrogen (secondary N) is 2. The zero-order valence-electron chi connectivity index (χ0n) is 9.17. The van der Waals surface area contributed by atoms with E-state index in [0.717, 1.165) is 5.69 Å². The van der Waals surface area contributed by atoms with Gasteiger partial charge in [-0.1, -0.05) is 0 Å². The fourth-order valence-electron chi connectivity index (χ4n) is 1.14. The molecule has 0 aliphatic rings. The van der Waals surface area contributed by atoms with Gasteiger partial charge >= 0.3 is 6.01 Å². The Bertz CT molecular complexity index is 474. The fraction of sp³-hybridized carbons (Fsp3) is 0.222. The Morgan fingerprint density at radius 3 is 2.82 bits per heavy atom. The second-order valence-corrected chi connectivity index (χ2v) is 3.76. The summed E-state index contributed by atoms with van der Waals surface area (Å²) >= 11 is 1.58. The van der Waals surface area contributed by atoms with Crippen LogP contribution < -0.4 is 21.3 Å². The molecule has 0 aliphatic carbocycles. The lowest BCUT2D eigenvalue weighted by atomic mass is 10.5. The third-order valence-electron chi connectivity index (χ3n) is 1.79. The number of anilines is 3. The topological polar surface area (TPSA) is 98.0 Å². The van der Waals surface area contributed by atoms with E-state index in [4.69, 9.17) is 10.6 Å². The van der Waals surface area contributed by atoms with Crippen LogP contribution in [-0.4, -0.2) is 21.6 Å². The van der Waals surface area contributed by atoms with E-state index in [1.165, 1.54) is 0 Å². The zero-order valence-corrected chi connectivity index (χ0v) is 9.99. The van der Waals surface area contributed by atoms with Gasteiger partial charge in [-0.25, -0.2) is 5.84 Å². The number of hydrogen-bond donors (Lipinski definition) is 3. The first kappa shape index (κ1) is 11.6. The molecule has 7 nitrogen and oxygen atoms in total. The Labute approximate surface area is 102 Å². The summed E-state index contributed by atoms with van der Waals surface area (Å²) in [5, 5.41) is 6.93. The van der Waals surface area contributed by atoms with E-state index in [1.807, 2.05) is 23.8 Å². The average Bonchev–Trinajstić information content (AvgIpc) is 2.82. The highest BCUT2D eigenvalue weighted by Gasteiger charge is 2.06. The highest BCUT2D eigenvalue weighted by Crippen LogP contribution is 2.18. The number of nitrogens with two attached hydrogens (primary N) is 1. The molecule has 0 radical (unpaired) electrons. The van der Waals surface area contributed by atoms with Crippen LogP contribution in [0.15, 0.2) is 16.8 Å². The van der Waals surface area contributed by atoms with E-state index < -0.39 is 0 Å². The molecule has 0 aliphatic heterocycles. The standard InChI is InChI=1S/C9H12N6OS/c1-2-16-9-13-7(12-8(14-9)15-10)11-6-3-4-17-5-6/h3-5H,2,10H2,1H3,(H2,11,12,13,14,15). The summed E-state index contributed by atoms with van der Waals surface area (Å²) in [6.07, 6.45) is 0. The summed E-state index contributed by atoms with van der Waals surface area (Å²) in [6.45, 7) is 2.33. The highest BCUT2D eigenvalue weighted by atomic mass is 32.1. The van der Waals surface area contributed by atoms with Crippen molar-refractivity contribution in [1.82, 2.24) is 15.0 Å². The highest BCUT2D eigenvalue weighted by molar-refractivity contribution is 7.08. The molecule has 0 aromatic carbocycles. The Kier molecular flexibility index (Phi) is 3.68. The molecule has 2 aromatic rings. The largest absolute Gasteiger partial charge is 0.464 e. The van der Waals surface area contributed by atoms with Crippen LogP contribution >= 0.6 is 11.3 Å². The number of nitrogen functional groups attached to an aromatic ring is 1. The van der Waals surface area contributed by atoms with Crippen LogP contribution in [0.4, 0.5) is 17.6 Å². The molecule has 2 heterocycles. The predicted octanol–water partition coefficient (Wildman–Crippen LogP) is 1.36. The summed E-state index contributed by atoms with van der Waals surface area (Å²) in [7, 11) is 0. The first-order valence-electron chi connectivity index (χ1n) is 4.96. The van der Waals surface area contributed by atoms with Crippen LogP contribution in [-0.2, 0) is 0 Å². The van der Waals surface area contributed by atoms with E-state index in [2.05, 4.69) is 25.7 Å². The third kappa shape index (κ3) is 3.02. The lowest BCUT2D eigenvalue weighted by molar-refractivity contribution is 0.312. The summed E-state index contributed by atoms with van der Waals surface area (Å²) in [6, 6.07) is 2.15. The van der Waals surface area contributed by atoms with Crippen molar-refractivity contribution in [3.63, 3.8) is 0 Å². The maximum atomic E-state index is 5.27. The van der Waals surface area contributed by atoms with Gasteiger partial charge in [-0.2, -0.15) is 26.3 Å². The van der Waals surface area contributed by atoms with Gasteiger partial charge in [-0.05, 0) is 18.4 Å². The minimum atomic E-state index is 0.230. The van der Waals surface area contributed by atoms with Gasteiger partial charge in [-0.15, -0.1) is 0 Å². The van der Waals surface area contributed by atoms with E-state index in [1.54, 1.807) is 11.3 Å². The van der Waals surface area contributed by atoms with Gasteiger partial charge in [0, 0.05) is 5.38 Å². The van der Waals surface area contributed by atoms with Crippen LogP contribution in [0.1, 0.15) is 6.92 Å². The molecule has 90 valence electrons. The van der Waals surface area contributed by atoms with Crippen LogP contribution in [0.25, 0.3) is 0 Å². The summed E-state index contributed by atoms with van der Waals surface area (Å²) in [5.74, 6) is 5.91. The molecule has 2 rings (SSSR count). The van der Waals surface area contributed by atoms with E-state index in [-0.39, 0.29) is 12.0 Å². The Morgan fingerprint density at radius 1 is 1.35 bits per heavy atom. The van der Waals surface area contributed by atoms with Crippen LogP contribution in [0.3, 0.4) is 0 Å². The fourth-order valence-corrected chi connectivity index (χ4v) is 1.72. The van der Waals surface area contributed by atoms with Crippen LogP contribution in [0.2, 0.25) is 0 Å². The maximum absolute atomic E-state index is 5.27. The van der Waals surface area contributed by atoms with Crippen LogP contribution in [0, 0.1) is 0 Å². The van der Waals surface area contributed by atoms with Crippen molar-refractivity contribution in [2.45, 2.75) is 6.92 Å². The summed E-state index contributed by atoms with van der Waals surface area (Å²) in [4.78, 5) is 12.1. The molecular formula is C9H12N6OS. The lowest BCUT2D eigenvalue weighted by Crippen LogP contribution is -2.13. The Hall–Kier alpha value is -1.93. The molecule has 0 fully saturated rings.